The van der Waals surface area contributed by atoms with Crippen LogP contribution >= 0.6 is 23.1 Å². The van der Waals surface area contributed by atoms with Gasteiger partial charge in [0.1, 0.15) is 6.10 Å². The fourth-order valence-electron chi connectivity index (χ4n) is 2.47. The number of aliphatic hydroxyl groups excluding tert-OH is 1. The molecule has 1 aliphatic rings. The minimum atomic E-state index is -0.618. The van der Waals surface area contributed by atoms with Gasteiger partial charge in [-0.25, -0.2) is 4.79 Å². The Morgan fingerprint density at radius 2 is 2.45 bits per heavy atom. The zero-order valence-electron chi connectivity index (χ0n) is 11.7. The number of thiophene rings is 1. The van der Waals surface area contributed by atoms with Crippen molar-refractivity contribution in [3.8, 4) is 0 Å². The van der Waals surface area contributed by atoms with Gasteiger partial charge in [0.25, 0.3) is 0 Å². The van der Waals surface area contributed by atoms with Crippen molar-refractivity contribution in [1.29, 1.82) is 0 Å². The van der Waals surface area contributed by atoms with E-state index < -0.39 is 6.10 Å². The van der Waals surface area contributed by atoms with Gasteiger partial charge in [0.2, 0.25) is 0 Å². The molecular formula is C14H22N2O2S2. The summed E-state index contributed by atoms with van der Waals surface area (Å²) in [6, 6.07) is 3.87. The van der Waals surface area contributed by atoms with Crippen molar-refractivity contribution < 1.29 is 9.90 Å². The summed E-state index contributed by atoms with van der Waals surface area (Å²) in [5.74, 6) is 1.14. The molecule has 0 aromatic carbocycles. The van der Waals surface area contributed by atoms with E-state index in [2.05, 4.69) is 17.6 Å². The van der Waals surface area contributed by atoms with Crippen LogP contribution in [0.15, 0.2) is 17.5 Å². The van der Waals surface area contributed by atoms with E-state index in [1.165, 1.54) is 17.8 Å². The predicted octanol–water partition coefficient (Wildman–Crippen LogP) is 2.75. The predicted molar refractivity (Wildman–Crippen MR) is 85.4 cm³/mol. The van der Waals surface area contributed by atoms with Crippen molar-refractivity contribution in [3.63, 3.8) is 0 Å². The molecule has 1 aromatic rings. The molecule has 0 radical (unpaired) electrons. The SMILES string of the molecule is CCS[C@@H]1CC[C@@H](NC(=O)NC[C@@H](O)c2cccs2)C1. The molecule has 2 amide bonds. The van der Waals surface area contributed by atoms with Crippen LogP contribution < -0.4 is 10.6 Å². The van der Waals surface area contributed by atoms with E-state index in [9.17, 15) is 9.90 Å². The maximum Gasteiger partial charge on any atom is 0.315 e. The minimum Gasteiger partial charge on any atom is -0.386 e. The molecule has 0 bridgehead atoms. The third kappa shape index (κ3) is 4.68. The molecule has 0 aliphatic heterocycles. The van der Waals surface area contributed by atoms with Crippen LogP contribution in [0, 0.1) is 0 Å². The van der Waals surface area contributed by atoms with Gasteiger partial charge in [-0.15, -0.1) is 11.3 Å². The van der Waals surface area contributed by atoms with Gasteiger partial charge in [0.05, 0.1) is 6.54 Å². The number of aliphatic hydroxyl groups is 1. The summed E-state index contributed by atoms with van der Waals surface area (Å²) in [7, 11) is 0. The second-order valence-electron chi connectivity index (χ2n) is 4.97. The molecule has 1 aliphatic carbocycles. The highest BCUT2D eigenvalue weighted by Crippen LogP contribution is 2.29. The topological polar surface area (TPSA) is 61.4 Å². The third-order valence-corrected chi connectivity index (χ3v) is 5.66. The van der Waals surface area contributed by atoms with E-state index in [0.717, 1.165) is 23.5 Å². The molecule has 20 heavy (non-hydrogen) atoms. The van der Waals surface area contributed by atoms with Crippen molar-refractivity contribution in [1.82, 2.24) is 10.6 Å². The van der Waals surface area contributed by atoms with Crippen LogP contribution in [0.2, 0.25) is 0 Å². The summed E-state index contributed by atoms with van der Waals surface area (Å²) in [5.41, 5.74) is 0. The fraction of sp³-hybridized carbons (Fsp3) is 0.643. The van der Waals surface area contributed by atoms with Crippen LogP contribution in [0.4, 0.5) is 4.79 Å². The summed E-state index contributed by atoms with van der Waals surface area (Å²) in [6.45, 7) is 2.43. The molecule has 0 spiro atoms. The molecule has 3 N–H and O–H groups in total. The van der Waals surface area contributed by atoms with Crippen LogP contribution in [0.25, 0.3) is 0 Å². The van der Waals surface area contributed by atoms with Gasteiger partial charge in [-0.1, -0.05) is 13.0 Å². The number of carbonyl (C=O) groups is 1. The van der Waals surface area contributed by atoms with Crippen molar-refractivity contribution in [2.24, 2.45) is 0 Å². The van der Waals surface area contributed by atoms with E-state index in [1.54, 1.807) is 0 Å². The lowest BCUT2D eigenvalue weighted by atomic mass is 10.2. The van der Waals surface area contributed by atoms with Crippen LogP contribution in [0.3, 0.4) is 0 Å². The van der Waals surface area contributed by atoms with E-state index >= 15 is 0 Å². The molecule has 4 nitrogen and oxygen atoms in total. The summed E-state index contributed by atoms with van der Waals surface area (Å²) < 4.78 is 0. The number of nitrogens with one attached hydrogen (secondary N) is 2. The summed E-state index contributed by atoms with van der Waals surface area (Å²) in [5, 5.41) is 18.2. The smallest absolute Gasteiger partial charge is 0.315 e. The molecular weight excluding hydrogens is 292 g/mol. The van der Waals surface area contributed by atoms with Gasteiger partial charge in [-0.05, 0) is 36.5 Å². The van der Waals surface area contributed by atoms with Gasteiger partial charge < -0.3 is 15.7 Å². The number of carbonyl (C=O) groups excluding carboxylic acids is 1. The van der Waals surface area contributed by atoms with Gasteiger partial charge in [0, 0.05) is 16.2 Å². The lowest BCUT2D eigenvalue weighted by molar-refractivity contribution is 0.176. The average Bonchev–Trinajstić information content (AvgIpc) is 3.08. The Kier molecular flexibility index (Phi) is 6.19. The second-order valence-corrected chi connectivity index (χ2v) is 7.53. The summed E-state index contributed by atoms with van der Waals surface area (Å²) in [4.78, 5) is 12.7. The van der Waals surface area contributed by atoms with Crippen molar-refractivity contribution in [3.05, 3.63) is 22.4 Å². The summed E-state index contributed by atoms with van der Waals surface area (Å²) >= 11 is 3.47. The van der Waals surface area contributed by atoms with Crippen LogP contribution in [0.1, 0.15) is 37.2 Å². The number of thioether (sulfide) groups is 1. The van der Waals surface area contributed by atoms with Crippen molar-refractivity contribution in [2.75, 3.05) is 12.3 Å². The highest BCUT2D eigenvalue weighted by atomic mass is 32.2. The zero-order valence-corrected chi connectivity index (χ0v) is 13.3. The lowest BCUT2D eigenvalue weighted by Crippen LogP contribution is -2.42. The Balaban J connectivity index is 1.66. The van der Waals surface area contributed by atoms with E-state index in [-0.39, 0.29) is 18.6 Å². The number of urea groups is 1. The largest absolute Gasteiger partial charge is 0.386 e. The first-order valence-electron chi connectivity index (χ1n) is 7.06. The van der Waals surface area contributed by atoms with E-state index in [1.807, 2.05) is 29.3 Å². The van der Waals surface area contributed by atoms with E-state index in [4.69, 9.17) is 0 Å². The van der Waals surface area contributed by atoms with Crippen molar-refractivity contribution in [2.45, 2.75) is 43.6 Å². The molecule has 6 heteroatoms. The van der Waals surface area contributed by atoms with Crippen molar-refractivity contribution >= 4 is 29.1 Å². The molecule has 112 valence electrons. The Morgan fingerprint density at radius 1 is 1.60 bits per heavy atom. The first kappa shape index (κ1) is 15.7. The molecule has 1 aromatic heterocycles. The second kappa shape index (κ2) is 7.90. The minimum absolute atomic E-state index is 0.173. The third-order valence-electron chi connectivity index (χ3n) is 3.45. The first-order valence-corrected chi connectivity index (χ1v) is 8.99. The molecule has 1 heterocycles. The Morgan fingerprint density at radius 3 is 3.15 bits per heavy atom. The van der Waals surface area contributed by atoms with Crippen LogP contribution in [-0.2, 0) is 0 Å². The molecule has 2 rings (SSSR count). The Hall–Kier alpha value is -0.720. The van der Waals surface area contributed by atoms with Gasteiger partial charge >= 0.3 is 6.03 Å². The highest BCUT2D eigenvalue weighted by molar-refractivity contribution is 7.99. The Bertz CT molecular complexity index is 411. The normalized spacial score (nSPS) is 23.5. The summed E-state index contributed by atoms with van der Waals surface area (Å²) in [6.07, 6.45) is 2.67. The molecule has 1 saturated carbocycles. The molecule has 0 unspecified atom stereocenters. The highest BCUT2D eigenvalue weighted by Gasteiger charge is 2.25. The number of amides is 2. The molecule has 0 saturated heterocycles. The Labute approximate surface area is 128 Å². The number of rotatable bonds is 6. The zero-order chi connectivity index (χ0) is 14.4. The van der Waals surface area contributed by atoms with Gasteiger partial charge in [-0.3, -0.25) is 0 Å². The number of hydrogen-bond donors (Lipinski definition) is 3. The first-order chi connectivity index (χ1) is 9.69. The maximum atomic E-state index is 11.8. The average molecular weight is 314 g/mol. The fourth-order valence-corrected chi connectivity index (χ4v) is 4.32. The maximum absolute atomic E-state index is 11.8. The monoisotopic (exact) mass is 314 g/mol. The van der Waals surface area contributed by atoms with Crippen LogP contribution in [0.5, 0.6) is 0 Å². The molecule has 3 atom stereocenters. The van der Waals surface area contributed by atoms with Gasteiger partial charge in [-0.2, -0.15) is 11.8 Å². The quantitative estimate of drug-likeness (QED) is 0.756. The van der Waals surface area contributed by atoms with Gasteiger partial charge in [0.15, 0.2) is 0 Å². The standard InChI is InChI=1S/C14H22N2O2S2/c1-2-19-11-6-5-10(8-11)16-14(18)15-9-12(17)13-4-3-7-20-13/h3-4,7,10-12,17H,2,5-6,8-9H2,1H3,(H2,15,16,18)/t10-,11-,12-/m1/s1. The van der Waals surface area contributed by atoms with E-state index in [0.29, 0.717) is 5.25 Å². The number of hydrogen-bond acceptors (Lipinski definition) is 4. The lowest BCUT2D eigenvalue weighted by Gasteiger charge is -2.15. The van der Waals surface area contributed by atoms with Crippen LogP contribution in [-0.4, -0.2) is 34.7 Å². The molecule has 1 fully saturated rings.